The number of nitrogens with zero attached hydrogens (tertiary/aromatic N) is 1. The number of piperidine rings is 1. The molecule has 0 bridgehead atoms. The van der Waals surface area contributed by atoms with Gasteiger partial charge in [-0.2, -0.15) is 13.2 Å². The zero-order valence-electron chi connectivity index (χ0n) is 9.22. The van der Waals surface area contributed by atoms with Crippen molar-refractivity contribution in [1.82, 2.24) is 4.90 Å². The second-order valence-corrected chi connectivity index (χ2v) is 4.00. The van der Waals surface area contributed by atoms with Crippen LogP contribution in [0.15, 0.2) is 0 Å². The van der Waals surface area contributed by atoms with Gasteiger partial charge >= 0.3 is 12.1 Å². The molecule has 94 valence electrons. The van der Waals surface area contributed by atoms with Crippen molar-refractivity contribution in [3.63, 3.8) is 0 Å². The molecule has 1 rings (SSSR count). The van der Waals surface area contributed by atoms with E-state index in [4.69, 9.17) is 0 Å². The number of halogens is 3. The Kier molecular flexibility index (Phi) is 4.58. The lowest BCUT2D eigenvalue weighted by molar-refractivity contribution is -0.149. The zero-order chi connectivity index (χ0) is 12.2. The van der Waals surface area contributed by atoms with Gasteiger partial charge in [-0.1, -0.05) is 0 Å². The maximum absolute atomic E-state index is 12.0. The predicted octanol–water partition coefficient (Wildman–Crippen LogP) is 1.82. The van der Waals surface area contributed by atoms with Gasteiger partial charge < -0.3 is 9.64 Å². The van der Waals surface area contributed by atoms with E-state index in [-0.39, 0.29) is 18.4 Å². The number of carbonyl (C=O) groups is 1. The fourth-order valence-corrected chi connectivity index (χ4v) is 1.84. The second-order valence-electron chi connectivity index (χ2n) is 4.00. The van der Waals surface area contributed by atoms with Crippen LogP contribution in [0.5, 0.6) is 0 Å². The SMILES string of the molecule is COC(=O)C1CCN(CCC(F)(F)F)CC1. The quantitative estimate of drug-likeness (QED) is 0.704. The maximum atomic E-state index is 12.0. The summed E-state index contributed by atoms with van der Waals surface area (Å²) < 4.78 is 40.5. The number of hydrogen-bond acceptors (Lipinski definition) is 3. The minimum atomic E-state index is -4.10. The largest absolute Gasteiger partial charge is 0.469 e. The predicted molar refractivity (Wildman–Crippen MR) is 51.9 cm³/mol. The summed E-state index contributed by atoms with van der Waals surface area (Å²) in [5.41, 5.74) is 0. The maximum Gasteiger partial charge on any atom is 0.390 e. The average Bonchev–Trinajstić information content (AvgIpc) is 2.25. The van der Waals surface area contributed by atoms with Gasteiger partial charge in [0, 0.05) is 6.54 Å². The molecule has 0 radical (unpaired) electrons. The Morgan fingerprint density at radius 1 is 1.38 bits per heavy atom. The third kappa shape index (κ3) is 4.38. The van der Waals surface area contributed by atoms with Crippen molar-refractivity contribution in [1.29, 1.82) is 0 Å². The lowest BCUT2D eigenvalue weighted by Gasteiger charge is -2.30. The van der Waals surface area contributed by atoms with Crippen molar-refractivity contribution < 1.29 is 22.7 Å². The van der Waals surface area contributed by atoms with Crippen LogP contribution >= 0.6 is 0 Å². The smallest absolute Gasteiger partial charge is 0.390 e. The highest BCUT2D eigenvalue weighted by molar-refractivity contribution is 5.72. The molecule has 6 heteroatoms. The molecule has 0 aliphatic carbocycles. The number of methoxy groups -OCH3 is 1. The topological polar surface area (TPSA) is 29.5 Å². The van der Waals surface area contributed by atoms with Crippen LogP contribution in [0.2, 0.25) is 0 Å². The van der Waals surface area contributed by atoms with E-state index in [2.05, 4.69) is 4.74 Å². The lowest BCUT2D eigenvalue weighted by atomic mass is 9.97. The van der Waals surface area contributed by atoms with Crippen molar-refractivity contribution in [2.24, 2.45) is 5.92 Å². The second kappa shape index (κ2) is 5.52. The van der Waals surface area contributed by atoms with Gasteiger partial charge in [0.05, 0.1) is 19.4 Å². The number of carbonyl (C=O) groups excluding carboxylic acids is 1. The van der Waals surface area contributed by atoms with E-state index in [1.807, 2.05) is 0 Å². The van der Waals surface area contributed by atoms with Crippen molar-refractivity contribution in [3.05, 3.63) is 0 Å². The molecule has 0 spiro atoms. The standard InChI is InChI=1S/C10H16F3NO2/c1-16-9(15)8-2-5-14(6-3-8)7-4-10(11,12)13/h8H,2-7H2,1H3. The van der Waals surface area contributed by atoms with E-state index >= 15 is 0 Å². The van der Waals surface area contributed by atoms with Gasteiger partial charge in [-0.25, -0.2) is 0 Å². The number of rotatable bonds is 3. The third-order valence-corrected chi connectivity index (χ3v) is 2.83. The van der Waals surface area contributed by atoms with Crippen molar-refractivity contribution in [2.75, 3.05) is 26.7 Å². The first-order chi connectivity index (χ1) is 7.42. The summed E-state index contributed by atoms with van der Waals surface area (Å²) in [6.07, 6.45) is -3.70. The summed E-state index contributed by atoms with van der Waals surface area (Å²) >= 11 is 0. The van der Waals surface area contributed by atoms with Gasteiger partial charge in [0.15, 0.2) is 0 Å². The number of ether oxygens (including phenoxy) is 1. The average molecular weight is 239 g/mol. The van der Waals surface area contributed by atoms with Crippen LogP contribution in [0.3, 0.4) is 0 Å². The van der Waals surface area contributed by atoms with Crippen molar-refractivity contribution in [3.8, 4) is 0 Å². The number of hydrogen-bond donors (Lipinski definition) is 0. The Hall–Kier alpha value is -0.780. The highest BCUT2D eigenvalue weighted by Crippen LogP contribution is 2.23. The van der Waals surface area contributed by atoms with E-state index < -0.39 is 12.6 Å². The summed E-state index contributed by atoms with van der Waals surface area (Å²) in [7, 11) is 1.33. The highest BCUT2D eigenvalue weighted by atomic mass is 19.4. The van der Waals surface area contributed by atoms with Crippen molar-refractivity contribution in [2.45, 2.75) is 25.4 Å². The van der Waals surface area contributed by atoms with Crippen LogP contribution < -0.4 is 0 Å². The molecule has 0 aromatic rings. The fraction of sp³-hybridized carbons (Fsp3) is 0.900. The molecule has 1 heterocycles. The minimum Gasteiger partial charge on any atom is -0.469 e. The Labute approximate surface area is 92.5 Å². The first-order valence-electron chi connectivity index (χ1n) is 5.29. The summed E-state index contributed by atoms with van der Waals surface area (Å²) in [4.78, 5) is 12.9. The van der Waals surface area contributed by atoms with Crippen LogP contribution in [0, 0.1) is 5.92 Å². The molecule has 1 aliphatic heterocycles. The zero-order valence-corrected chi connectivity index (χ0v) is 9.22. The van der Waals surface area contributed by atoms with E-state index in [9.17, 15) is 18.0 Å². The molecule has 1 fully saturated rings. The number of alkyl halides is 3. The molecule has 0 atom stereocenters. The molecule has 0 saturated carbocycles. The first kappa shape index (κ1) is 13.3. The normalized spacial score (nSPS) is 19.8. The molecule has 0 aromatic heterocycles. The highest BCUT2D eigenvalue weighted by Gasteiger charge is 2.30. The van der Waals surface area contributed by atoms with Crippen LogP contribution in [0.4, 0.5) is 13.2 Å². The van der Waals surface area contributed by atoms with Gasteiger partial charge in [0.25, 0.3) is 0 Å². The number of esters is 1. The molecule has 0 amide bonds. The van der Waals surface area contributed by atoms with Crippen LogP contribution in [-0.4, -0.2) is 43.8 Å². The third-order valence-electron chi connectivity index (χ3n) is 2.83. The minimum absolute atomic E-state index is 0.0252. The fourth-order valence-electron chi connectivity index (χ4n) is 1.84. The summed E-state index contributed by atoms with van der Waals surface area (Å²) in [6.45, 7) is 1.10. The molecule has 1 aliphatic rings. The van der Waals surface area contributed by atoms with E-state index in [1.54, 1.807) is 4.90 Å². The Morgan fingerprint density at radius 2 is 1.94 bits per heavy atom. The van der Waals surface area contributed by atoms with Crippen LogP contribution in [0.1, 0.15) is 19.3 Å². The Balaban J connectivity index is 2.24. The van der Waals surface area contributed by atoms with Gasteiger partial charge in [0.2, 0.25) is 0 Å². The molecule has 0 aromatic carbocycles. The summed E-state index contributed by atoms with van der Waals surface area (Å²) in [6, 6.07) is 0. The Bertz CT molecular complexity index is 235. The molecular formula is C10H16F3NO2. The summed E-state index contributed by atoms with van der Waals surface area (Å²) in [5, 5.41) is 0. The van der Waals surface area contributed by atoms with E-state index in [1.165, 1.54) is 7.11 Å². The van der Waals surface area contributed by atoms with Crippen LogP contribution in [0.25, 0.3) is 0 Å². The van der Waals surface area contributed by atoms with Gasteiger partial charge in [-0.05, 0) is 25.9 Å². The van der Waals surface area contributed by atoms with Crippen LogP contribution in [-0.2, 0) is 9.53 Å². The summed E-state index contributed by atoms with van der Waals surface area (Å²) in [5.74, 6) is -0.400. The lowest BCUT2D eigenvalue weighted by Crippen LogP contribution is -2.38. The van der Waals surface area contributed by atoms with Gasteiger partial charge in [-0.15, -0.1) is 0 Å². The van der Waals surface area contributed by atoms with Gasteiger partial charge in [-0.3, -0.25) is 4.79 Å². The molecule has 3 nitrogen and oxygen atoms in total. The molecular weight excluding hydrogens is 223 g/mol. The molecule has 1 saturated heterocycles. The molecule has 0 N–H and O–H groups in total. The van der Waals surface area contributed by atoms with E-state index in [0.29, 0.717) is 25.9 Å². The number of likely N-dealkylation sites (tertiary alicyclic amines) is 1. The van der Waals surface area contributed by atoms with Crippen molar-refractivity contribution >= 4 is 5.97 Å². The Morgan fingerprint density at radius 3 is 2.38 bits per heavy atom. The van der Waals surface area contributed by atoms with Gasteiger partial charge in [0.1, 0.15) is 0 Å². The molecule has 0 unspecified atom stereocenters. The van der Waals surface area contributed by atoms with E-state index in [0.717, 1.165) is 0 Å². The molecule has 16 heavy (non-hydrogen) atoms. The first-order valence-corrected chi connectivity index (χ1v) is 5.29. The monoisotopic (exact) mass is 239 g/mol.